The van der Waals surface area contributed by atoms with E-state index in [1.165, 1.54) is 16.0 Å². The number of benzene rings is 2. The molecule has 0 radical (unpaired) electrons. The summed E-state index contributed by atoms with van der Waals surface area (Å²) in [6, 6.07) is 20.2. The van der Waals surface area contributed by atoms with Crippen LogP contribution in [-0.2, 0) is 0 Å². The van der Waals surface area contributed by atoms with Gasteiger partial charge in [0.15, 0.2) is 0 Å². The summed E-state index contributed by atoms with van der Waals surface area (Å²) in [5.41, 5.74) is 2.56. The number of para-hydroxylation sites is 1. The highest BCUT2D eigenvalue weighted by Gasteiger charge is 2.14. The van der Waals surface area contributed by atoms with Gasteiger partial charge in [-0.05, 0) is 53.8 Å². The number of rotatable bonds is 4. The smallest absolute Gasteiger partial charge is 0.127 e. The van der Waals surface area contributed by atoms with Gasteiger partial charge >= 0.3 is 0 Å². The van der Waals surface area contributed by atoms with Crippen LogP contribution in [0.25, 0.3) is 0 Å². The first-order valence-corrected chi connectivity index (χ1v) is 8.54. The third kappa shape index (κ3) is 3.36. The number of alkyl halides is 1. The number of hydrogen-bond acceptors (Lipinski definition) is 2. The van der Waals surface area contributed by atoms with Crippen molar-refractivity contribution in [2.24, 2.45) is 0 Å². The van der Waals surface area contributed by atoms with E-state index in [0.29, 0.717) is 0 Å². The molecule has 1 nitrogen and oxygen atoms in total. The van der Waals surface area contributed by atoms with E-state index in [2.05, 4.69) is 46.4 Å². The molecule has 2 aromatic carbocycles. The number of ether oxygens (including phenoxy) is 1. The van der Waals surface area contributed by atoms with Crippen LogP contribution in [-0.4, -0.2) is 0 Å². The van der Waals surface area contributed by atoms with Gasteiger partial charge in [0, 0.05) is 4.88 Å². The molecule has 1 aromatic heterocycles. The summed E-state index contributed by atoms with van der Waals surface area (Å²) in [5, 5.41) is 2.13. The van der Waals surface area contributed by atoms with Crippen LogP contribution in [0, 0.1) is 6.92 Å². The average molecular weight is 359 g/mol. The van der Waals surface area contributed by atoms with Crippen LogP contribution in [0.1, 0.15) is 20.8 Å². The van der Waals surface area contributed by atoms with E-state index in [-0.39, 0.29) is 4.83 Å². The van der Waals surface area contributed by atoms with Crippen LogP contribution in [0.4, 0.5) is 0 Å². The maximum Gasteiger partial charge on any atom is 0.127 e. The van der Waals surface area contributed by atoms with Crippen molar-refractivity contribution < 1.29 is 4.74 Å². The molecule has 0 aliphatic rings. The van der Waals surface area contributed by atoms with Gasteiger partial charge in [-0.3, -0.25) is 0 Å². The van der Waals surface area contributed by atoms with E-state index >= 15 is 0 Å². The quantitative estimate of drug-likeness (QED) is 0.495. The summed E-state index contributed by atoms with van der Waals surface area (Å²) in [4.78, 5) is 1.59. The zero-order chi connectivity index (χ0) is 14.7. The lowest BCUT2D eigenvalue weighted by Gasteiger charge is -2.11. The van der Waals surface area contributed by atoms with Gasteiger partial charge in [0.05, 0.1) is 4.83 Å². The molecule has 106 valence electrons. The Morgan fingerprint density at radius 3 is 2.19 bits per heavy atom. The molecule has 3 aromatic rings. The van der Waals surface area contributed by atoms with Gasteiger partial charge < -0.3 is 4.74 Å². The van der Waals surface area contributed by atoms with Crippen molar-refractivity contribution in [1.29, 1.82) is 0 Å². The summed E-state index contributed by atoms with van der Waals surface area (Å²) in [6.07, 6.45) is 0. The molecule has 21 heavy (non-hydrogen) atoms. The standard InChI is InChI=1S/C18H15BrOS/c1-13-11-12-21-18(13)17(19)14-7-9-16(10-8-14)20-15-5-3-2-4-6-15/h2-12,17H,1H3. The summed E-state index contributed by atoms with van der Waals surface area (Å²) in [7, 11) is 0. The third-order valence-electron chi connectivity index (χ3n) is 3.28. The minimum atomic E-state index is 0.239. The van der Waals surface area contributed by atoms with E-state index in [1.807, 2.05) is 42.5 Å². The highest BCUT2D eigenvalue weighted by molar-refractivity contribution is 9.09. The van der Waals surface area contributed by atoms with E-state index in [4.69, 9.17) is 4.74 Å². The molecule has 0 aliphatic heterocycles. The zero-order valence-corrected chi connectivity index (χ0v) is 14.0. The molecule has 0 N–H and O–H groups in total. The highest BCUT2D eigenvalue weighted by atomic mass is 79.9. The van der Waals surface area contributed by atoms with Gasteiger partial charge in [0.25, 0.3) is 0 Å². The van der Waals surface area contributed by atoms with Crippen molar-refractivity contribution in [2.75, 3.05) is 0 Å². The Morgan fingerprint density at radius 2 is 1.57 bits per heavy atom. The Balaban J connectivity index is 1.77. The van der Waals surface area contributed by atoms with Crippen molar-refractivity contribution in [3.63, 3.8) is 0 Å². The zero-order valence-electron chi connectivity index (χ0n) is 11.6. The van der Waals surface area contributed by atoms with Crippen LogP contribution < -0.4 is 4.74 Å². The minimum Gasteiger partial charge on any atom is -0.457 e. The van der Waals surface area contributed by atoms with Crippen molar-refractivity contribution >= 4 is 27.3 Å². The second-order valence-corrected chi connectivity index (χ2v) is 6.68. The second-order valence-electron chi connectivity index (χ2n) is 4.81. The van der Waals surface area contributed by atoms with Gasteiger partial charge in [-0.15, -0.1) is 11.3 Å². The molecule has 0 aliphatic carbocycles. The summed E-state index contributed by atoms with van der Waals surface area (Å²) >= 11 is 5.57. The Labute approximate surface area is 137 Å². The van der Waals surface area contributed by atoms with E-state index in [0.717, 1.165) is 11.5 Å². The molecular weight excluding hydrogens is 344 g/mol. The minimum absolute atomic E-state index is 0.239. The van der Waals surface area contributed by atoms with E-state index in [1.54, 1.807) is 11.3 Å². The fourth-order valence-corrected chi connectivity index (χ4v) is 4.04. The van der Waals surface area contributed by atoms with E-state index < -0.39 is 0 Å². The largest absolute Gasteiger partial charge is 0.457 e. The highest BCUT2D eigenvalue weighted by Crippen LogP contribution is 2.37. The molecule has 0 amide bonds. The second kappa shape index (κ2) is 6.46. The molecule has 0 saturated heterocycles. The van der Waals surface area contributed by atoms with Crippen LogP contribution >= 0.6 is 27.3 Å². The SMILES string of the molecule is Cc1ccsc1C(Br)c1ccc(Oc2ccccc2)cc1. The summed E-state index contributed by atoms with van der Waals surface area (Å²) in [6.45, 7) is 2.15. The molecule has 1 atom stereocenters. The summed E-state index contributed by atoms with van der Waals surface area (Å²) < 4.78 is 5.81. The third-order valence-corrected chi connectivity index (χ3v) is 5.66. The Hall–Kier alpha value is -1.58. The predicted octanol–water partition coefficient (Wildman–Crippen LogP) is 6.33. The lowest BCUT2D eigenvalue weighted by Crippen LogP contribution is -1.92. The maximum absolute atomic E-state index is 5.81. The van der Waals surface area contributed by atoms with Crippen LogP contribution in [0.15, 0.2) is 66.0 Å². The van der Waals surface area contributed by atoms with Crippen molar-refractivity contribution in [2.45, 2.75) is 11.8 Å². The van der Waals surface area contributed by atoms with Gasteiger partial charge in [-0.25, -0.2) is 0 Å². The fourth-order valence-electron chi connectivity index (χ4n) is 2.12. The number of aryl methyl sites for hydroxylation is 1. The van der Waals surface area contributed by atoms with Crippen molar-refractivity contribution in [3.8, 4) is 11.5 Å². The van der Waals surface area contributed by atoms with Crippen molar-refractivity contribution in [3.05, 3.63) is 82.0 Å². The Kier molecular flexibility index (Phi) is 4.42. The molecule has 3 rings (SSSR count). The Bertz CT molecular complexity index is 704. The molecule has 0 saturated carbocycles. The molecule has 0 spiro atoms. The first-order chi connectivity index (χ1) is 10.2. The fraction of sp³-hybridized carbons (Fsp3) is 0.111. The molecule has 1 heterocycles. The monoisotopic (exact) mass is 358 g/mol. The summed E-state index contributed by atoms with van der Waals surface area (Å²) in [5.74, 6) is 1.71. The van der Waals surface area contributed by atoms with Crippen LogP contribution in [0.2, 0.25) is 0 Å². The van der Waals surface area contributed by atoms with Gasteiger partial charge in [-0.2, -0.15) is 0 Å². The molecule has 3 heteroatoms. The number of halogens is 1. The normalized spacial score (nSPS) is 12.1. The van der Waals surface area contributed by atoms with Gasteiger partial charge in [0.1, 0.15) is 11.5 Å². The molecule has 1 unspecified atom stereocenters. The first-order valence-electron chi connectivity index (χ1n) is 6.75. The molecular formula is C18H15BrOS. The van der Waals surface area contributed by atoms with E-state index in [9.17, 15) is 0 Å². The number of hydrogen-bond donors (Lipinski definition) is 0. The van der Waals surface area contributed by atoms with Crippen LogP contribution in [0.5, 0.6) is 11.5 Å². The lowest BCUT2D eigenvalue weighted by molar-refractivity contribution is 0.482. The van der Waals surface area contributed by atoms with Gasteiger partial charge in [0.2, 0.25) is 0 Å². The topological polar surface area (TPSA) is 9.23 Å². The molecule has 0 bridgehead atoms. The van der Waals surface area contributed by atoms with Crippen LogP contribution in [0.3, 0.4) is 0 Å². The predicted molar refractivity (Wildman–Crippen MR) is 92.8 cm³/mol. The van der Waals surface area contributed by atoms with Crippen molar-refractivity contribution in [1.82, 2.24) is 0 Å². The average Bonchev–Trinajstić information content (AvgIpc) is 2.94. The first kappa shape index (κ1) is 14.4. The lowest BCUT2D eigenvalue weighted by atomic mass is 10.1. The Morgan fingerprint density at radius 1 is 0.905 bits per heavy atom. The van der Waals surface area contributed by atoms with Gasteiger partial charge in [-0.1, -0.05) is 46.3 Å². The number of thiophene rings is 1. The molecule has 0 fully saturated rings. The maximum atomic E-state index is 5.81.